The van der Waals surface area contributed by atoms with Crippen LogP contribution in [0, 0.1) is 23.1 Å². The van der Waals surface area contributed by atoms with Crippen LogP contribution in [0.1, 0.15) is 84.6 Å². The second-order valence-electron chi connectivity index (χ2n) is 21.9. The number of carbonyl (C=O) groups is 2. The van der Waals surface area contributed by atoms with Crippen LogP contribution in [0.25, 0.3) is 22.2 Å². The topological polar surface area (TPSA) is 325 Å². The van der Waals surface area contributed by atoms with Gasteiger partial charge in [0.05, 0.1) is 44.0 Å². The van der Waals surface area contributed by atoms with E-state index in [1.165, 1.54) is 15.5 Å². The molecule has 0 saturated carbocycles. The molecule has 0 bridgehead atoms. The number of imidazole rings is 1. The van der Waals surface area contributed by atoms with E-state index in [2.05, 4.69) is 35.6 Å². The Morgan fingerprint density at radius 1 is 0.922 bits per heavy atom. The molecule has 30 heteroatoms. The molecule has 2 unspecified atom stereocenters. The molecule has 2 saturated heterocycles. The van der Waals surface area contributed by atoms with Gasteiger partial charge in [-0.2, -0.15) is 10.2 Å². The fraction of sp³-hybridized carbons (Fsp3) is 0.574. The molecule has 10 atom stereocenters. The number of aliphatic hydroxyl groups excluding tert-OH is 1. The molecular formula is C47H66FN10O15P2Si2+. The van der Waals surface area contributed by atoms with E-state index in [-0.39, 0.29) is 45.9 Å². The Morgan fingerprint density at radius 3 is 2.17 bits per heavy atom. The highest BCUT2D eigenvalue weighted by molar-refractivity contribution is 7.48. The van der Waals surface area contributed by atoms with Crippen molar-refractivity contribution in [2.45, 2.75) is 147 Å². The first-order valence-electron chi connectivity index (χ1n) is 24.7. The van der Waals surface area contributed by atoms with Gasteiger partial charge in [0.15, 0.2) is 57.8 Å². The number of amides is 2. The number of anilines is 2. The van der Waals surface area contributed by atoms with Gasteiger partial charge in [0.1, 0.15) is 42.7 Å². The Bertz CT molecular complexity index is 3130. The van der Waals surface area contributed by atoms with Gasteiger partial charge in [-0.15, -0.1) is 9.42 Å². The van der Waals surface area contributed by atoms with Gasteiger partial charge >= 0.3 is 16.1 Å². The maximum absolute atomic E-state index is 16.4. The number of benzene rings is 1. The molecule has 4 aromatic heterocycles. The Hall–Kier alpha value is -5.09. The van der Waals surface area contributed by atoms with Gasteiger partial charge < -0.3 is 33.3 Å². The van der Waals surface area contributed by atoms with E-state index in [1.807, 2.05) is 73.8 Å². The van der Waals surface area contributed by atoms with Crippen molar-refractivity contribution >= 4 is 78.5 Å². The van der Waals surface area contributed by atoms with Gasteiger partial charge in [0, 0.05) is 22.2 Å². The first-order chi connectivity index (χ1) is 36.0. The highest BCUT2D eigenvalue weighted by Gasteiger charge is 2.58. The number of aromatic amines is 1. The van der Waals surface area contributed by atoms with Gasteiger partial charge in [-0.05, 0) is 48.4 Å². The standard InChI is InChI=1S/C47H65FN10O15P2Si2/c1-26(2)40(60)55-45-54-39-32(42(62)56-45)52-25-58(39)43-35(34(29(22-59)68-43)72-76(9,10)46(3,4)5)71-75(65,66-20-16-19-49)67-23-30-33(70-74(63)64)36(73-77(11,12)47(6,7)8)44(69-30)57-21-28(48)31-37(50-24-51-38(31)57)53-41(61)27-17-14-13-15-18-27/h13-15,17-18,21,24-26,29-30,33-36,43-44,59H,16,20,22-23H2,1-12H3,(H3-,50,51,53,54,55,56,60,61,62,63,64)/p+1/t29-,30-,33-,34-,35-,36-,43-,44-,75?/m1/s1. The van der Waals surface area contributed by atoms with E-state index in [4.69, 9.17) is 36.4 Å². The van der Waals surface area contributed by atoms with Crippen LogP contribution < -0.4 is 16.2 Å². The average molecular weight is 1150 g/mol. The lowest BCUT2D eigenvalue weighted by atomic mass is 10.1. The molecule has 6 heterocycles. The summed E-state index contributed by atoms with van der Waals surface area (Å²) in [4.78, 5) is 69.6. The Kier molecular flexibility index (Phi) is 18.0. The minimum atomic E-state index is -5.09. The van der Waals surface area contributed by atoms with Crippen molar-refractivity contribution in [3.63, 3.8) is 0 Å². The van der Waals surface area contributed by atoms with Crippen molar-refractivity contribution in [3.05, 3.63) is 70.9 Å². The number of hydrogen-bond acceptors (Lipinski definition) is 19. The SMILES string of the molecule is CC(C)C(=O)Nc1nc2c(ncn2[C@@H]2O[C@H](CO)[C@@H](O[Si](C)(C)C(C)(C)C)[C@H]2OP(=O)(OCCC#N)OC[C@H]2O[C@@H](n3cc(F)c4c(NC(=O)c5ccccc5)ncnc43)[C@H](O[Si](C)(C)C(C)(C)C)[C@@H]2O[P+](=O)O)c(=O)[nH]1. The number of hydrogen-bond donors (Lipinski definition) is 5. The van der Waals surface area contributed by atoms with E-state index in [1.54, 1.807) is 44.2 Å². The zero-order chi connectivity index (χ0) is 56.6. The third-order valence-electron chi connectivity index (χ3n) is 14.1. The minimum Gasteiger partial charge on any atom is -0.408 e. The van der Waals surface area contributed by atoms with Crippen molar-refractivity contribution in [3.8, 4) is 6.07 Å². The van der Waals surface area contributed by atoms with Crippen molar-refractivity contribution in [1.82, 2.24) is 34.1 Å². The minimum absolute atomic E-state index is 0.0753. The second kappa shape index (κ2) is 23.3. The first-order valence-corrected chi connectivity index (χ1v) is 33.1. The first kappa shape index (κ1) is 59.6. The molecule has 2 amide bonds. The predicted octanol–water partition coefficient (Wildman–Crippen LogP) is 7.59. The highest BCUT2D eigenvalue weighted by atomic mass is 31.2. The number of fused-ring (bicyclic) bond motifs is 2. The quantitative estimate of drug-likeness (QED) is 0.0268. The van der Waals surface area contributed by atoms with E-state index < -0.39 is 141 Å². The molecule has 25 nitrogen and oxygen atoms in total. The van der Waals surface area contributed by atoms with Crippen LogP contribution >= 0.6 is 16.1 Å². The van der Waals surface area contributed by atoms with Gasteiger partial charge in [-0.25, -0.2) is 23.9 Å². The number of aliphatic hydroxyl groups is 1. The summed E-state index contributed by atoms with van der Waals surface area (Å²) < 4.78 is 98.2. The molecular weight excluding hydrogens is 1080 g/mol. The van der Waals surface area contributed by atoms with E-state index >= 15 is 8.96 Å². The molecule has 2 aliphatic rings. The summed E-state index contributed by atoms with van der Waals surface area (Å²) in [7, 11) is -14.3. The fourth-order valence-corrected chi connectivity index (χ4v) is 12.4. The molecule has 2 aliphatic heterocycles. The molecule has 0 spiro atoms. The maximum Gasteiger partial charge on any atom is 0.695 e. The third-order valence-corrected chi connectivity index (χ3v) is 25.0. The molecule has 77 heavy (non-hydrogen) atoms. The van der Waals surface area contributed by atoms with E-state index in [0.29, 0.717) is 0 Å². The summed E-state index contributed by atoms with van der Waals surface area (Å²) >= 11 is 0. The molecule has 0 radical (unpaired) electrons. The number of carbonyl (C=O) groups excluding carboxylic acids is 2. The van der Waals surface area contributed by atoms with Crippen molar-refractivity contribution < 1.29 is 69.5 Å². The largest absolute Gasteiger partial charge is 0.695 e. The molecule has 5 aromatic rings. The van der Waals surface area contributed by atoms with Crippen molar-refractivity contribution in [2.75, 3.05) is 30.5 Å². The number of rotatable bonds is 21. The van der Waals surface area contributed by atoms with Crippen LogP contribution in [-0.2, 0) is 50.3 Å². The average Bonchev–Trinajstić information content (AvgIpc) is 4.16. The molecule has 2 fully saturated rings. The monoisotopic (exact) mass is 1150 g/mol. The number of ether oxygens (including phenoxy) is 2. The Labute approximate surface area is 446 Å². The molecule has 0 aliphatic carbocycles. The van der Waals surface area contributed by atoms with Crippen LogP contribution in [0.4, 0.5) is 16.2 Å². The summed E-state index contributed by atoms with van der Waals surface area (Å²) in [5.41, 5.74) is -0.823. The third kappa shape index (κ3) is 13.0. The summed E-state index contributed by atoms with van der Waals surface area (Å²) in [5, 5.41) is 24.6. The molecule has 5 N–H and O–H groups in total. The number of nitriles is 1. The lowest BCUT2D eigenvalue weighted by Gasteiger charge is -2.40. The second-order valence-corrected chi connectivity index (χ2v) is 33.7. The summed E-state index contributed by atoms with van der Waals surface area (Å²) in [6, 6.07) is 10.1. The lowest BCUT2D eigenvalue weighted by molar-refractivity contribution is -0.118. The molecule has 1 aromatic carbocycles. The smallest absolute Gasteiger partial charge is 0.408 e. The number of nitrogens with one attached hydrogen (secondary N) is 3. The number of phosphoric acid groups is 1. The Morgan fingerprint density at radius 2 is 1.56 bits per heavy atom. The highest BCUT2D eigenvalue weighted by Crippen LogP contribution is 2.56. The molecule has 418 valence electrons. The number of nitrogens with zero attached hydrogens (tertiary/aromatic N) is 7. The Balaban J connectivity index is 1.30. The number of H-pyrrole nitrogens is 1. The van der Waals surface area contributed by atoms with Gasteiger partial charge in [-0.1, -0.05) is 73.6 Å². The van der Waals surface area contributed by atoms with E-state index in [0.717, 1.165) is 12.5 Å². The van der Waals surface area contributed by atoms with E-state index in [9.17, 15) is 34.2 Å². The summed E-state index contributed by atoms with van der Waals surface area (Å²) in [6.07, 6.45) is -8.17. The number of phosphoric ester groups is 1. The lowest BCUT2D eigenvalue weighted by Crippen LogP contribution is -2.50. The van der Waals surface area contributed by atoms with Crippen LogP contribution in [0.15, 0.2) is 54.0 Å². The van der Waals surface area contributed by atoms with Gasteiger partial charge in [0.25, 0.3) is 11.5 Å². The van der Waals surface area contributed by atoms with Crippen molar-refractivity contribution in [1.29, 1.82) is 5.26 Å². The fourth-order valence-electron chi connectivity index (χ4n) is 7.94. The normalized spacial score (nSPS) is 23.3. The zero-order valence-corrected chi connectivity index (χ0v) is 48.5. The van der Waals surface area contributed by atoms with Crippen molar-refractivity contribution in [2.24, 2.45) is 5.92 Å². The zero-order valence-electron chi connectivity index (χ0n) is 44.7. The van der Waals surface area contributed by atoms with Gasteiger partial charge in [0.2, 0.25) is 11.9 Å². The summed E-state index contributed by atoms with van der Waals surface area (Å²) in [6.45, 7) is 20.7. The van der Waals surface area contributed by atoms with Crippen LogP contribution in [0.3, 0.4) is 0 Å². The van der Waals surface area contributed by atoms with Gasteiger partial charge in [-0.3, -0.25) is 42.8 Å². The van der Waals surface area contributed by atoms with Crippen LogP contribution in [0.5, 0.6) is 0 Å². The molecule has 7 rings (SSSR count). The van der Waals surface area contributed by atoms with Crippen LogP contribution in [-0.4, -0.2) is 129 Å². The summed E-state index contributed by atoms with van der Waals surface area (Å²) in [5.74, 6) is -2.79. The predicted molar refractivity (Wildman–Crippen MR) is 282 cm³/mol. The number of halogens is 1. The van der Waals surface area contributed by atoms with Crippen LogP contribution in [0.2, 0.25) is 36.3 Å². The number of aromatic nitrogens is 7. The maximum atomic E-state index is 16.4.